The fourth-order valence-corrected chi connectivity index (χ4v) is 3.02. The maximum Gasteiger partial charge on any atom is 0.698 e. The highest BCUT2D eigenvalue weighted by Crippen LogP contribution is 2.40. The Morgan fingerprint density at radius 3 is 1.50 bits per heavy atom. The van der Waals surface area contributed by atoms with Crippen molar-refractivity contribution in [1.82, 2.24) is 0 Å². The molecule has 0 radical (unpaired) electrons. The van der Waals surface area contributed by atoms with Gasteiger partial charge in [0, 0.05) is 4.57 Å². The minimum atomic E-state index is -2.48. The van der Waals surface area contributed by atoms with Crippen LogP contribution in [0.3, 0.4) is 0 Å². The van der Waals surface area contributed by atoms with Crippen LogP contribution in [0.25, 0.3) is 0 Å². The Hall–Kier alpha value is -2.56. The quantitative estimate of drug-likeness (QED) is 0.633. The zero-order valence-corrected chi connectivity index (χ0v) is 13.8. The van der Waals surface area contributed by atoms with Crippen LogP contribution in [0.15, 0.2) is 60.7 Å². The van der Waals surface area contributed by atoms with Gasteiger partial charge in [-0.15, -0.1) is 9.05 Å². The average Bonchev–Trinajstić information content (AvgIpc) is 2.62. The summed E-state index contributed by atoms with van der Waals surface area (Å²) in [6.07, 6.45) is -1.16. The molecule has 0 heterocycles. The van der Waals surface area contributed by atoms with Crippen LogP contribution in [-0.2, 0) is 13.6 Å². The standard InChI is InChI=1S/C18H16N2O3P/c19-13-11-17(15-7-3-1-4-8-15)22-24(21)23-18(12-14-20)16-9-5-2-6-10-16/h1-10,17-18H,11-12H2/q+1. The first-order valence-corrected chi connectivity index (χ1v) is 8.48. The van der Waals surface area contributed by atoms with E-state index < -0.39 is 20.5 Å². The van der Waals surface area contributed by atoms with E-state index in [2.05, 4.69) is 0 Å². The third kappa shape index (κ3) is 5.26. The monoisotopic (exact) mass is 339 g/mol. The molecular weight excluding hydrogens is 323 g/mol. The van der Waals surface area contributed by atoms with Crippen molar-refractivity contribution in [3.63, 3.8) is 0 Å². The number of hydrogen-bond donors (Lipinski definition) is 0. The van der Waals surface area contributed by atoms with Gasteiger partial charge in [-0.1, -0.05) is 60.7 Å². The SMILES string of the molecule is N#CCC(O[P+](=O)OC(CC#N)c1ccccc1)c1ccccc1. The smallest absolute Gasteiger partial charge is 0.198 e. The van der Waals surface area contributed by atoms with Gasteiger partial charge in [-0.2, -0.15) is 10.5 Å². The summed E-state index contributed by atoms with van der Waals surface area (Å²) in [5, 5.41) is 17.9. The maximum atomic E-state index is 12.2. The average molecular weight is 339 g/mol. The summed E-state index contributed by atoms with van der Waals surface area (Å²) in [7, 11) is -2.48. The highest BCUT2D eigenvalue weighted by molar-refractivity contribution is 7.33. The van der Waals surface area contributed by atoms with Crippen LogP contribution in [0.2, 0.25) is 0 Å². The summed E-state index contributed by atoms with van der Waals surface area (Å²) in [5.41, 5.74) is 1.50. The second kappa shape index (κ2) is 9.55. The molecule has 2 aromatic rings. The summed E-state index contributed by atoms with van der Waals surface area (Å²) in [6, 6.07) is 22.2. The molecule has 5 nitrogen and oxygen atoms in total. The molecule has 6 heteroatoms. The van der Waals surface area contributed by atoms with Crippen molar-refractivity contribution in [2.75, 3.05) is 0 Å². The normalized spacial score (nSPS) is 13.3. The van der Waals surface area contributed by atoms with E-state index in [9.17, 15) is 4.57 Å². The summed E-state index contributed by atoms with van der Waals surface area (Å²) in [6.45, 7) is 0. The number of nitrogens with zero attached hydrogens (tertiary/aromatic N) is 2. The lowest BCUT2D eigenvalue weighted by Gasteiger charge is -2.09. The maximum absolute atomic E-state index is 12.2. The zero-order valence-electron chi connectivity index (χ0n) is 12.9. The molecule has 2 atom stereocenters. The van der Waals surface area contributed by atoms with Crippen molar-refractivity contribution >= 4 is 8.25 Å². The van der Waals surface area contributed by atoms with Gasteiger partial charge in [0.05, 0.1) is 25.0 Å². The lowest BCUT2D eigenvalue weighted by atomic mass is 10.1. The van der Waals surface area contributed by atoms with Gasteiger partial charge >= 0.3 is 8.25 Å². The molecular formula is C18H16N2O3P+. The molecule has 2 aromatic carbocycles. The Balaban J connectivity index is 2.06. The Morgan fingerprint density at radius 2 is 1.17 bits per heavy atom. The number of benzene rings is 2. The minimum Gasteiger partial charge on any atom is -0.198 e. The van der Waals surface area contributed by atoms with Crippen LogP contribution in [-0.4, -0.2) is 0 Å². The topological polar surface area (TPSA) is 83.1 Å². The highest BCUT2D eigenvalue weighted by Gasteiger charge is 2.33. The lowest BCUT2D eigenvalue weighted by Crippen LogP contribution is -2.03. The summed E-state index contributed by atoms with van der Waals surface area (Å²) < 4.78 is 23.1. The lowest BCUT2D eigenvalue weighted by molar-refractivity contribution is 0.133. The van der Waals surface area contributed by atoms with E-state index in [0.717, 1.165) is 11.1 Å². The Bertz CT molecular complexity index is 675. The van der Waals surface area contributed by atoms with Gasteiger partial charge in [0.25, 0.3) is 0 Å². The Morgan fingerprint density at radius 1 is 0.792 bits per heavy atom. The molecule has 2 unspecified atom stereocenters. The van der Waals surface area contributed by atoms with E-state index in [-0.39, 0.29) is 12.8 Å². The van der Waals surface area contributed by atoms with Crippen molar-refractivity contribution in [2.45, 2.75) is 25.0 Å². The molecule has 0 aliphatic heterocycles. The Kier molecular flexibility index (Phi) is 7.08. The summed E-state index contributed by atoms with van der Waals surface area (Å²) >= 11 is 0. The predicted octanol–water partition coefficient (Wildman–Crippen LogP) is 4.99. The van der Waals surface area contributed by atoms with E-state index in [1.54, 1.807) is 24.3 Å². The second-order valence-corrected chi connectivity index (χ2v) is 5.83. The van der Waals surface area contributed by atoms with Gasteiger partial charge in [0.15, 0.2) is 12.2 Å². The van der Waals surface area contributed by atoms with Gasteiger partial charge in [-0.3, -0.25) is 0 Å². The summed E-state index contributed by atoms with van der Waals surface area (Å²) in [4.78, 5) is 0. The first-order chi connectivity index (χ1) is 11.7. The van der Waals surface area contributed by atoms with Crippen molar-refractivity contribution in [1.29, 1.82) is 10.5 Å². The number of hydrogen-bond acceptors (Lipinski definition) is 5. The molecule has 120 valence electrons. The molecule has 0 spiro atoms. The second-order valence-electron chi connectivity index (χ2n) is 4.96. The van der Waals surface area contributed by atoms with E-state index in [0.29, 0.717) is 0 Å². The van der Waals surface area contributed by atoms with Gasteiger partial charge in [-0.25, -0.2) is 0 Å². The van der Waals surface area contributed by atoms with Crippen molar-refractivity contribution in [2.24, 2.45) is 0 Å². The fourth-order valence-electron chi connectivity index (χ4n) is 2.17. The van der Waals surface area contributed by atoms with Gasteiger partial charge in [-0.05, 0) is 11.1 Å². The molecule has 0 saturated heterocycles. The highest BCUT2D eigenvalue weighted by atomic mass is 31.1. The van der Waals surface area contributed by atoms with Crippen LogP contribution in [0.1, 0.15) is 36.2 Å². The van der Waals surface area contributed by atoms with Crippen LogP contribution in [0.5, 0.6) is 0 Å². The van der Waals surface area contributed by atoms with Crippen LogP contribution < -0.4 is 0 Å². The van der Waals surface area contributed by atoms with Crippen LogP contribution in [0, 0.1) is 22.7 Å². The molecule has 0 saturated carbocycles. The van der Waals surface area contributed by atoms with E-state index in [4.69, 9.17) is 19.6 Å². The van der Waals surface area contributed by atoms with Gasteiger partial charge in [0.2, 0.25) is 0 Å². The molecule has 0 aliphatic carbocycles. The zero-order chi connectivity index (χ0) is 17.2. The first kappa shape index (κ1) is 17.8. The van der Waals surface area contributed by atoms with Crippen molar-refractivity contribution < 1.29 is 13.6 Å². The predicted molar refractivity (Wildman–Crippen MR) is 88.6 cm³/mol. The van der Waals surface area contributed by atoms with Crippen LogP contribution >= 0.6 is 8.25 Å². The molecule has 0 N–H and O–H groups in total. The van der Waals surface area contributed by atoms with Crippen molar-refractivity contribution in [3.05, 3.63) is 71.8 Å². The number of nitriles is 2. The third-order valence-electron chi connectivity index (χ3n) is 3.32. The fraction of sp³-hybridized carbons (Fsp3) is 0.222. The van der Waals surface area contributed by atoms with Gasteiger partial charge in [0.1, 0.15) is 0 Å². The molecule has 0 amide bonds. The Labute approximate surface area is 142 Å². The van der Waals surface area contributed by atoms with Crippen molar-refractivity contribution in [3.8, 4) is 12.1 Å². The molecule has 0 fully saturated rings. The minimum absolute atomic E-state index is 0.0582. The molecule has 0 aromatic heterocycles. The van der Waals surface area contributed by atoms with E-state index in [1.807, 2.05) is 48.5 Å². The molecule has 2 rings (SSSR count). The summed E-state index contributed by atoms with van der Waals surface area (Å²) in [5.74, 6) is 0. The molecule has 0 aliphatic rings. The largest absolute Gasteiger partial charge is 0.698 e. The molecule has 24 heavy (non-hydrogen) atoms. The van der Waals surface area contributed by atoms with Crippen LogP contribution in [0.4, 0.5) is 0 Å². The number of rotatable bonds is 8. The van der Waals surface area contributed by atoms with E-state index >= 15 is 0 Å². The van der Waals surface area contributed by atoms with E-state index in [1.165, 1.54) is 0 Å². The molecule has 0 bridgehead atoms. The first-order valence-electron chi connectivity index (χ1n) is 7.39. The third-order valence-corrected chi connectivity index (χ3v) is 4.18. The van der Waals surface area contributed by atoms with Gasteiger partial charge < -0.3 is 0 Å².